The quantitative estimate of drug-likeness (QED) is 0.513. The Kier molecular flexibility index (Phi) is 8.03. The molecule has 0 radical (unpaired) electrons. The maximum atomic E-state index is 13.0. The van der Waals surface area contributed by atoms with Crippen molar-refractivity contribution in [3.63, 3.8) is 0 Å². The van der Waals surface area contributed by atoms with E-state index >= 15 is 0 Å². The number of likely N-dealkylation sites (N-methyl/N-ethyl adjacent to an activating group) is 1. The Morgan fingerprint density at radius 3 is 2.53 bits per heavy atom. The van der Waals surface area contributed by atoms with Crippen molar-refractivity contribution in [2.45, 2.75) is 51.5 Å². The average Bonchev–Trinajstić information content (AvgIpc) is 3.67. The molecule has 2 aromatic rings. The molecule has 1 aliphatic carbocycles. The number of nitrogens with two attached hydrogens (primary N) is 1. The molecule has 3 heterocycles. The van der Waals surface area contributed by atoms with Gasteiger partial charge >= 0.3 is 6.01 Å². The van der Waals surface area contributed by atoms with Crippen molar-refractivity contribution < 1.29 is 14.3 Å². The van der Waals surface area contributed by atoms with Crippen LogP contribution in [-0.4, -0.2) is 78.0 Å². The highest BCUT2D eigenvalue weighted by Gasteiger charge is 2.27. The fraction of sp³-hybridized carbons (Fsp3) is 0.577. The molecule has 10 heteroatoms. The van der Waals surface area contributed by atoms with E-state index in [0.717, 1.165) is 56.6 Å². The summed E-state index contributed by atoms with van der Waals surface area (Å²) in [5, 5.41) is 3.02. The molecule has 2 fully saturated rings. The molecule has 36 heavy (non-hydrogen) atoms. The van der Waals surface area contributed by atoms with Gasteiger partial charge in [-0.05, 0) is 71.2 Å². The number of rotatable bonds is 10. The molecule has 10 nitrogen and oxygen atoms in total. The van der Waals surface area contributed by atoms with Gasteiger partial charge in [0.05, 0.1) is 6.61 Å². The summed E-state index contributed by atoms with van der Waals surface area (Å²) in [6, 6.07) is 5.86. The van der Waals surface area contributed by atoms with Gasteiger partial charge in [0, 0.05) is 43.4 Å². The van der Waals surface area contributed by atoms with E-state index in [1.807, 2.05) is 45.0 Å². The van der Waals surface area contributed by atoms with Crippen LogP contribution >= 0.6 is 0 Å². The Morgan fingerprint density at radius 1 is 1.17 bits per heavy atom. The fourth-order valence-corrected chi connectivity index (χ4v) is 4.55. The number of aromatic nitrogens is 3. The number of anilines is 1. The fourth-order valence-electron chi connectivity index (χ4n) is 4.55. The molecule has 1 saturated carbocycles. The van der Waals surface area contributed by atoms with Crippen molar-refractivity contribution in [1.82, 2.24) is 25.2 Å². The van der Waals surface area contributed by atoms with Gasteiger partial charge in [-0.25, -0.2) is 4.98 Å². The van der Waals surface area contributed by atoms with Crippen LogP contribution in [-0.2, 0) is 0 Å². The van der Waals surface area contributed by atoms with Crippen LogP contribution < -0.4 is 20.7 Å². The third-order valence-corrected chi connectivity index (χ3v) is 6.68. The van der Waals surface area contributed by atoms with Crippen LogP contribution in [0.25, 0.3) is 0 Å². The zero-order valence-corrected chi connectivity index (χ0v) is 21.7. The van der Waals surface area contributed by atoms with E-state index in [4.69, 9.17) is 10.5 Å². The normalized spacial score (nSPS) is 17.2. The molecule has 2 aliphatic rings. The van der Waals surface area contributed by atoms with Gasteiger partial charge in [-0.3, -0.25) is 9.59 Å². The first-order valence-electron chi connectivity index (χ1n) is 12.7. The molecule has 3 N–H and O–H groups in total. The number of aryl methyl sites for hydroxylation is 1. The highest BCUT2D eigenvalue weighted by atomic mass is 16.5. The lowest BCUT2D eigenvalue weighted by Gasteiger charge is -2.33. The number of ether oxygens (including phenoxy) is 1. The van der Waals surface area contributed by atoms with Crippen molar-refractivity contribution in [2.75, 3.05) is 45.2 Å². The molecule has 1 aliphatic heterocycles. The number of hydrogen-bond acceptors (Lipinski definition) is 8. The van der Waals surface area contributed by atoms with E-state index in [1.54, 1.807) is 6.07 Å². The molecule has 0 spiro atoms. The maximum absolute atomic E-state index is 13.0. The second-order valence-corrected chi connectivity index (χ2v) is 10.3. The van der Waals surface area contributed by atoms with Gasteiger partial charge in [0.25, 0.3) is 11.8 Å². The Morgan fingerprint density at radius 2 is 1.89 bits per heavy atom. The first-order chi connectivity index (χ1) is 17.2. The van der Waals surface area contributed by atoms with Crippen LogP contribution in [0.15, 0.2) is 18.2 Å². The van der Waals surface area contributed by atoms with Crippen LogP contribution in [0.3, 0.4) is 0 Å². The largest absolute Gasteiger partial charge is 0.463 e. The summed E-state index contributed by atoms with van der Waals surface area (Å²) in [5.41, 5.74) is 7.81. The molecular formula is C26H37N7O3. The molecule has 1 saturated heterocycles. The van der Waals surface area contributed by atoms with Gasteiger partial charge in [0.1, 0.15) is 17.2 Å². The van der Waals surface area contributed by atoms with Crippen LogP contribution in [0.5, 0.6) is 6.01 Å². The number of pyridine rings is 1. The second-order valence-electron chi connectivity index (χ2n) is 10.3. The number of primary amides is 1. The third kappa shape index (κ3) is 6.69. The lowest BCUT2D eigenvalue weighted by molar-refractivity contribution is 0.0926. The zero-order chi connectivity index (χ0) is 25.8. The van der Waals surface area contributed by atoms with Crippen LogP contribution in [0, 0.1) is 12.8 Å². The van der Waals surface area contributed by atoms with E-state index in [2.05, 4.69) is 25.2 Å². The van der Waals surface area contributed by atoms with Crippen LogP contribution in [0.4, 0.5) is 5.82 Å². The number of carbonyl (C=O) groups excluding carboxylic acids is 2. The lowest BCUT2D eigenvalue weighted by atomic mass is 9.92. The Bertz CT molecular complexity index is 1090. The number of nitrogens with zero attached hydrogens (tertiary/aromatic N) is 5. The number of amides is 2. The highest BCUT2D eigenvalue weighted by Crippen LogP contribution is 2.31. The summed E-state index contributed by atoms with van der Waals surface area (Å²) in [6.07, 6.45) is 4.01. The van der Waals surface area contributed by atoms with Gasteiger partial charge in [0.15, 0.2) is 0 Å². The Balaban J connectivity index is 1.48. The van der Waals surface area contributed by atoms with Gasteiger partial charge in [0.2, 0.25) is 0 Å². The molecule has 0 bridgehead atoms. The predicted octanol–water partition coefficient (Wildman–Crippen LogP) is 2.13. The summed E-state index contributed by atoms with van der Waals surface area (Å²) >= 11 is 0. The topological polar surface area (TPSA) is 127 Å². The van der Waals surface area contributed by atoms with Crippen molar-refractivity contribution >= 4 is 17.6 Å². The Labute approximate surface area is 212 Å². The van der Waals surface area contributed by atoms with E-state index in [9.17, 15) is 9.59 Å². The molecular weight excluding hydrogens is 458 g/mol. The highest BCUT2D eigenvalue weighted by molar-refractivity contribution is 5.93. The summed E-state index contributed by atoms with van der Waals surface area (Å²) in [5.74, 6) is 0.730. The van der Waals surface area contributed by atoms with E-state index < -0.39 is 5.91 Å². The van der Waals surface area contributed by atoms with Crippen molar-refractivity contribution in [3.8, 4) is 6.01 Å². The van der Waals surface area contributed by atoms with Gasteiger partial charge < -0.3 is 25.6 Å². The average molecular weight is 496 g/mol. The minimum absolute atomic E-state index is 0.0233. The monoisotopic (exact) mass is 495 g/mol. The van der Waals surface area contributed by atoms with Crippen molar-refractivity contribution in [1.29, 1.82) is 0 Å². The summed E-state index contributed by atoms with van der Waals surface area (Å²) in [6.45, 7) is 6.59. The predicted molar refractivity (Wildman–Crippen MR) is 137 cm³/mol. The second kappa shape index (κ2) is 11.2. The lowest BCUT2D eigenvalue weighted by Crippen LogP contribution is -2.40. The molecule has 194 valence electrons. The summed E-state index contributed by atoms with van der Waals surface area (Å²) < 4.78 is 5.87. The van der Waals surface area contributed by atoms with Crippen molar-refractivity contribution in [3.05, 3.63) is 40.8 Å². The van der Waals surface area contributed by atoms with Crippen LogP contribution in [0.1, 0.15) is 70.8 Å². The first-order valence-corrected chi connectivity index (χ1v) is 12.7. The zero-order valence-electron chi connectivity index (χ0n) is 21.7. The maximum Gasteiger partial charge on any atom is 0.319 e. The van der Waals surface area contributed by atoms with E-state index in [0.29, 0.717) is 29.7 Å². The molecule has 1 unspecified atom stereocenters. The first kappa shape index (κ1) is 25.8. The minimum atomic E-state index is -0.503. The number of hydrogen-bond donors (Lipinski definition) is 2. The smallest absolute Gasteiger partial charge is 0.319 e. The molecule has 1 atom stereocenters. The van der Waals surface area contributed by atoms with Gasteiger partial charge in [-0.2, -0.15) is 9.97 Å². The molecule has 4 rings (SSSR count). The standard InChI is InChI=1S/C26H37N7O3/c1-16-5-8-20(29-23(16)24(27)34)19-9-11-33(12-10-19)22-13-21(25(35)28-17(2)14-32(3)4)30-26(31-22)36-15-18-6-7-18/h5,8,13,17-19H,6-7,9-12,14-15H2,1-4H3,(H2,27,34)(H,28,35). The number of nitrogens with one attached hydrogen (secondary N) is 1. The molecule has 2 amide bonds. The third-order valence-electron chi connectivity index (χ3n) is 6.68. The molecule has 2 aromatic heterocycles. The summed E-state index contributed by atoms with van der Waals surface area (Å²) in [7, 11) is 3.94. The SMILES string of the molecule is Cc1ccc(C2CCN(c3cc(C(=O)NC(C)CN(C)C)nc(OCC4CC4)n3)CC2)nc1C(N)=O. The van der Waals surface area contributed by atoms with Gasteiger partial charge in [-0.15, -0.1) is 0 Å². The number of carbonyl (C=O) groups is 2. The van der Waals surface area contributed by atoms with E-state index in [-0.39, 0.29) is 23.9 Å². The molecule has 0 aromatic carbocycles. The van der Waals surface area contributed by atoms with E-state index in [1.165, 1.54) is 0 Å². The van der Waals surface area contributed by atoms with Crippen molar-refractivity contribution in [2.24, 2.45) is 11.7 Å². The summed E-state index contributed by atoms with van der Waals surface area (Å²) in [4.78, 5) is 42.5. The number of piperidine rings is 1. The minimum Gasteiger partial charge on any atom is -0.463 e. The Hall–Kier alpha value is -3.27. The van der Waals surface area contributed by atoms with Crippen LogP contribution in [0.2, 0.25) is 0 Å². The van der Waals surface area contributed by atoms with Gasteiger partial charge in [-0.1, -0.05) is 6.07 Å².